The lowest BCUT2D eigenvalue weighted by Crippen LogP contribution is -2.48. The van der Waals surface area contributed by atoms with E-state index >= 15 is 0 Å². The van der Waals surface area contributed by atoms with E-state index in [9.17, 15) is 26.2 Å². The first-order chi connectivity index (χ1) is 22.8. The number of aliphatic carboxylic acids is 1. The number of carboxylic acid groups (broad SMARTS) is 1. The van der Waals surface area contributed by atoms with E-state index in [0.717, 1.165) is 43.3 Å². The van der Waals surface area contributed by atoms with Gasteiger partial charge in [0.1, 0.15) is 29.3 Å². The molecule has 48 heavy (non-hydrogen) atoms. The molecule has 1 saturated heterocycles. The summed E-state index contributed by atoms with van der Waals surface area (Å²) >= 11 is 0. The van der Waals surface area contributed by atoms with Gasteiger partial charge in [0, 0.05) is 85.7 Å². The van der Waals surface area contributed by atoms with Crippen LogP contribution >= 0.6 is 0 Å². The van der Waals surface area contributed by atoms with Gasteiger partial charge in [0.05, 0.1) is 17.4 Å². The van der Waals surface area contributed by atoms with Gasteiger partial charge in [-0.2, -0.15) is 12.7 Å². The van der Waals surface area contributed by atoms with Crippen molar-refractivity contribution in [3.63, 3.8) is 0 Å². The van der Waals surface area contributed by atoms with Gasteiger partial charge < -0.3 is 19.3 Å². The van der Waals surface area contributed by atoms with Crippen molar-refractivity contribution in [2.45, 2.75) is 43.9 Å². The van der Waals surface area contributed by atoms with Gasteiger partial charge in [0.15, 0.2) is 0 Å². The fourth-order valence-corrected chi connectivity index (χ4v) is 8.66. The van der Waals surface area contributed by atoms with Crippen LogP contribution in [0.5, 0.6) is 0 Å². The van der Waals surface area contributed by atoms with E-state index in [1.54, 1.807) is 0 Å². The van der Waals surface area contributed by atoms with Crippen molar-refractivity contribution in [2.75, 3.05) is 63.8 Å². The molecular formula is C34H43N4O8S2+. The SMILES string of the molecule is CCN(CC)c1ccc2c(-c3ccc(S(=O)(=O)N4CCN(CCC(=O)O)CC4)cc3S(=O)(=O)O)c3ccc(=[N+](CC)CC)cc-3oc2c1. The van der Waals surface area contributed by atoms with Crippen molar-refractivity contribution >= 4 is 42.8 Å². The highest BCUT2D eigenvalue weighted by Gasteiger charge is 2.32. The van der Waals surface area contributed by atoms with Crippen molar-refractivity contribution < 1.29 is 35.7 Å². The van der Waals surface area contributed by atoms with Crippen LogP contribution in [0.15, 0.2) is 68.8 Å². The van der Waals surface area contributed by atoms with Crippen LogP contribution in [0.25, 0.3) is 33.4 Å². The zero-order valence-corrected chi connectivity index (χ0v) is 29.3. The minimum Gasteiger partial charge on any atom is -0.481 e. The van der Waals surface area contributed by atoms with Crippen molar-refractivity contribution in [2.24, 2.45) is 0 Å². The normalized spacial score (nSPS) is 14.9. The van der Waals surface area contributed by atoms with Gasteiger partial charge in [-0.1, -0.05) is 6.07 Å². The quantitative estimate of drug-likeness (QED) is 0.127. The second-order valence-electron chi connectivity index (χ2n) is 11.7. The van der Waals surface area contributed by atoms with E-state index in [1.807, 2.05) is 41.3 Å². The molecule has 0 aromatic heterocycles. The third-order valence-corrected chi connectivity index (χ3v) is 11.8. The molecule has 0 bridgehead atoms. The summed E-state index contributed by atoms with van der Waals surface area (Å²) in [7, 11) is -9.05. The van der Waals surface area contributed by atoms with E-state index in [2.05, 4.69) is 37.2 Å². The van der Waals surface area contributed by atoms with Gasteiger partial charge in [-0.15, -0.1) is 0 Å². The number of hydrogen-bond acceptors (Lipinski definition) is 8. The molecule has 0 atom stereocenters. The Kier molecular flexibility index (Phi) is 10.6. The Labute approximate surface area is 281 Å². The van der Waals surface area contributed by atoms with Crippen LogP contribution in [0.1, 0.15) is 34.1 Å². The molecule has 2 N–H and O–H groups in total. The van der Waals surface area contributed by atoms with Crippen LogP contribution in [0.2, 0.25) is 0 Å². The van der Waals surface area contributed by atoms with Crippen LogP contribution < -0.4 is 14.8 Å². The predicted molar refractivity (Wildman–Crippen MR) is 185 cm³/mol. The number of sulfonamides is 1. The van der Waals surface area contributed by atoms with Gasteiger partial charge >= 0.3 is 5.97 Å². The first-order valence-electron chi connectivity index (χ1n) is 16.2. The first-order valence-corrected chi connectivity index (χ1v) is 19.1. The largest absolute Gasteiger partial charge is 0.481 e. The summed E-state index contributed by atoms with van der Waals surface area (Å²) in [6.07, 6.45) is -0.0460. The van der Waals surface area contributed by atoms with Crippen LogP contribution in [0.4, 0.5) is 5.69 Å². The van der Waals surface area contributed by atoms with E-state index in [4.69, 9.17) is 9.52 Å². The lowest BCUT2D eigenvalue weighted by Gasteiger charge is -2.33. The minimum absolute atomic E-state index is 0.0460. The number of piperazine rings is 1. The zero-order chi connectivity index (χ0) is 34.8. The molecule has 0 amide bonds. The summed E-state index contributed by atoms with van der Waals surface area (Å²) < 4.78 is 74.0. The summed E-state index contributed by atoms with van der Waals surface area (Å²) in [5.74, 6) is -0.415. The van der Waals surface area contributed by atoms with E-state index in [0.29, 0.717) is 47.5 Å². The van der Waals surface area contributed by atoms with Gasteiger partial charge in [0.25, 0.3) is 10.1 Å². The first kappa shape index (κ1) is 35.5. The maximum atomic E-state index is 13.7. The average Bonchev–Trinajstić information content (AvgIpc) is 3.06. The number of hydrogen-bond donors (Lipinski definition) is 2. The fourth-order valence-electron chi connectivity index (χ4n) is 6.41. The number of nitrogens with zero attached hydrogens (tertiary/aromatic N) is 4. The molecule has 258 valence electrons. The number of fused-ring (bicyclic) bond motifs is 2. The zero-order valence-electron chi connectivity index (χ0n) is 27.7. The van der Waals surface area contributed by atoms with Crippen LogP contribution in [0, 0.1) is 0 Å². The van der Waals surface area contributed by atoms with E-state index in [1.165, 1.54) is 16.4 Å². The Morgan fingerprint density at radius 3 is 2.15 bits per heavy atom. The second-order valence-corrected chi connectivity index (χ2v) is 15.0. The Morgan fingerprint density at radius 1 is 0.875 bits per heavy atom. The summed E-state index contributed by atoms with van der Waals surface area (Å²) in [5.41, 5.74) is 2.68. The molecule has 2 heterocycles. The summed E-state index contributed by atoms with van der Waals surface area (Å²) in [4.78, 5) is 14.2. The molecule has 2 aromatic carbocycles. The number of anilines is 1. The van der Waals surface area contributed by atoms with Crippen molar-refractivity contribution in [3.05, 3.63) is 60.0 Å². The Bertz CT molecular complexity index is 2080. The standard InChI is InChI=1S/C34H42N4O8S2/c1-5-36(6-2)24-9-12-27-30(21-24)46-31-22-25(37(7-3)8-4)10-13-28(31)34(27)29-14-11-26(23-32(29)48(43,44)45)47(41,42)38-19-17-35(18-20-38)16-15-33(39)40/h9-14,21-23H,5-8,15-20H2,1-4H3,(H-,39,40,43,44,45)/p+1. The highest BCUT2D eigenvalue weighted by molar-refractivity contribution is 7.89. The molecule has 0 saturated carbocycles. The maximum Gasteiger partial charge on any atom is 0.304 e. The van der Waals surface area contributed by atoms with Crippen molar-refractivity contribution in [3.8, 4) is 22.5 Å². The number of carboxylic acids is 1. The third-order valence-electron chi connectivity index (χ3n) is 9.06. The smallest absolute Gasteiger partial charge is 0.304 e. The van der Waals surface area contributed by atoms with Crippen molar-refractivity contribution in [1.82, 2.24) is 13.8 Å². The van der Waals surface area contributed by atoms with E-state index < -0.39 is 31.0 Å². The van der Waals surface area contributed by atoms with Gasteiger partial charge in [0.2, 0.25) is 15.4 Å². The molecule has 1 aliphatic carbocycles. The monoisotopic (exact) mass is 699 g/mol. The minimum atomic E-state index is -4.91. The van der Waals surface area contributed by atoms with E-state index in [-0.39, 0.29) is 30.0 Å². The fraction of sp³-hybridized carbons (Fsp3) is 0.412. The Hall–Kier alpha value is -3.82. The van der Waals surface area contributed by atoms with Gasteiger partial charge in [-0.05, 0) is 58.0 Å². The molecule has 1 fully saturated rings. The van der Waals surface area contributed by atoms with Crippen LogP contribution in [-0.4, -0.2) is 101 Å². The second kappa shape index (κ2) is 14.3. The average molecular weight is 700 g/mol. The van der Waals surface area contributed by atoms with Crippen LogP contribution in [-0.2, 0) is 24.9 Å². The molecule has 5 rings (SSSR count). The predicted octanol–water partition coefficient (Wildman–Crippen LogP) is 3.89. The summed E-state index contributed by atoms with van der Waals surface area (Å²) in [6.45, 7) is 12.5. The molecular weight excluding hydrogens is 657 g/mol. The molecule has 2 aromatic rings. The maximum absolute atomic E-state index is 13.7. The molecule has 2 aliphatic heterocycles. The third kappa shape index (κ3) is 7.13. The molecule has 3 aliphatic rings. The molecule has 0 radical (unpaired) electrons. The highest BCUT2D eigenvalue weighted by Crippen LogP contribution is 2.43. The lowest BCUT2D eigenvalue weighted by molar-refractivity contribution is -0.137. The highest BCUT2D eigenvalue weighted by atomic mass is 32.2. The number of carbonyl (C=O) groups is 1. The summed E-state index contributed by atoms with van der Waals surface area (Å²) in [6, 6.07) is 15.3. The van der Waals surface area contributed by atoms with Crippen molar-refractivity contribution in [1.29, 1.82) is 0 Å². The number of benzene rings is 3. The summed E-state index contributed by atoms with van der Waals surface area (Å²) in [5, 5.41) is 10.5. The molecule has 0 unspecified atom stereocenters. The van der Waals surface area contributed by atoms with Gasteiger partial charge in [-0.25, -0.2) is 13.0 Å². The van der Waals surface area contributed by atoms with Crippen LogP contribution in [0.3, 0.4) is 0 Å². The Morgan fingerprint density at radius 2 is 1.54 bits per heavy atom. The lowest BCUT2D eigenvalue weighted by atomic mass is 9.93. The number of rotatable bonds is 12. The molecule has 0 spiro atoms. The van der Waals surface area contributed by atoms with Gasteiger partial charge in [-0.3, -0.25) is 9.35 Å². The topological polar surface area (TPSA) is 152 Å². The molecule has 14 heteroatoms. The Balaban J connectivity index is 1.69. The molecule has 12 nitrogen and oxygen atoms in total.